The van der Waals surface area contributed by atoms with Gasteiger partial charge in [-0.2, -0.15) is 0 Å². The smallest absolute Gasteiger partial charge is 0.00721 e. The summed E-state index contributed by atoms with van der Waals surface area (Å²) in [5, 5.41) is 1.10. The molecule has 1 aromatic carbocycles. The van der Waals surface area contributed by atoms with Gasteiger partial charge in [-0.15, -0.1) is 11.8 Å². The third-order valence-electron chi connectivity index (χ3n) is 2.27. The molecular formula is C13H19BrS. The van der Waals surface area contributed by atoms with Gasteiger partial charge < -0.3 is 0 Å². The molecule has 0 heterocycles. The highest BCUT2D eigenvalue weighted by molar-refractivity contribution is 9.09. The Morgan fingerprint density at radius 2 is 1.73 bits per heavy atom. The largest absolute Gasteiger partial charge is 0.126 e. The third-order valence-corrected chi connectivity index (χ3v) is 3.93. The zero-order valence-corrected chi connectivity index (χ0v) is 12.1. The Morgan fingerprint density at radius 1 is 1.13 bits per heavy atom. The monoisotopic (exact) mass is 286 g/mol. The van der Waals surface area contributed by atoms with E-state index in [0.717, 1.165) is 5.33 Å². The van der Waals surface area contributed by atoms with Crippen molar-refractivity contribution in [3.63, 3.8) is 0 Å². The van der Waals surface area contributed by atoms with Crippen LogP contribution in [0.25, 0.3) is 0 Å². The molecule has 0 aromatic heterocycles. The van der Waals surface area contributed by atoms with Gasteiger partial charge in [-0.3, -0.25) is 0 Å². The van der Waals surface area contributed by atoms with Gasteiger partial charge in [-0.25, -0.2) is 0 Å². The molecule has 0 aliphatic rings. The summed E-state index contributed by atoms with van der Waals surface area (Å²) in [6.45, 7) is 6.75. The maximum Gasteiger partial charge on any atom is 0.00721 e. The van der Waals surface area contributed by atoms with Gasteiger partial charge >= 0.3 is 0 Å². The molecule has 84 valence electrons. The molecule has 0 unspecified atom stereocenters. The highest BCUT2D eigenvalue weighted by Gasteiger charge is 2.12. The molecule has 0 saturated heterocycles. The van der Waals surface area contributed by atoms with Crippen LogP contribution < -0.4 is 0 Å². The Labute approximate surface area is 106 Å². The van der Waals surface area contributed by atoms with Crippen molar-refractivity contribution < 1.29 is 0 Å². The van der Waals surface area contributed by atoms with Crippen LogP contribution in [0.15, 0.2) is 29.2 Å². The van der Waals surface area contributed by atoms with E-state index in [1.165, 1.54) is 22.6 Å². The van der Waals surface area contributed by atoms with Crippen molar-refractivity contribution in [2.75, 3.05) is 11.1 Å². The van der Waals surface area contributed by atoms with Crippen molar-refractivity contribution in [3.8, 4) is 0 Å². The number of halogens is 1. The predicted octanol–water partition coefficient (Wildman–Crippen LogP) is 4.86. The average molecular weight is 287 g/mol. The van der Waals surface area contributed by atoms with Crippen LogP contribution in [-0.2, 0) is 5.41 Å². The fourth-order valence-electron chi connectivity index (χ4n) is 1.30. The lowest BCUT2D eigenvalue weighted by atomic mass is 9.87. The standard InChI is InChI=1S/C13H19BrS/c1-13(2,3)11-5-7-12(8-6-11)15-10-4-9-14/h5-8H,4,9-10H2,1-3H3. The molecule has 15 heavy (non-hydrogen) atoms. The number of hydrogen-bond donors (Lipinski definition) is 0. The Hall–Kier alpha value is 0.0500. The van der Waals surface area contributed by atoms with Gasteiger partial charge in [-0.1, -0.05) is 48.8 Å². The summed E-state index contributed by atoms with van der Waals surface area (Å²) in [6.07, 6.45) is 1.23. The second kappa shape index (κ2) is 5.95. The van der Waals surface area contributed by atoms with Crippen molar-refractivity contribution in [2.24, 2.45) is 0 Å². The topological polar surface area (TPSA) is 0 Å². The molecule has 0 aliphatic heterocycles. The minimum Gasteiger partial charge on any atom is -0.126 e. The van der Waals surface area contributed by atoms with E-state index < -0.39 is 0 Å². The SMILES string of the molecule is CC(C)(C)c1ccc(SCCCBr)cc1. The van der Waals surface area contributed by atoms with Gasteiger partial charge in [-0.05, 0) is 35.3 Å². The first-order valence-electron chi connectivity index (χ1n) is 5.33. The molecule has 1 rings (SSSR count). The second-order valence-electron chi connectivity index (χ2n) is 4.67. The first-order valence-corrected chi connectivity index (χ1v) is 7.44. The quantitative estimate of drug-likeness (QED) is 0.433. The highest BCUT2D eigenvalue weighted by atomic mass is 79.9. The number of thioether (sulfide) groups is 1. The van der Waals surface area contributed by atoms with E-state index in [4.69, 9.17) is 0 Å². The van der Waals surface area contributed by atoms with Crippen molar-refractivity contribution in [2.45, 2.75) is 37.5 Å². The maximum atomic E-state index is 3.45. The molecule has 0 N–H and O–H groups in total. The van der Waals surface area contributed by atoms with E-state index in [9.17, 15) is 0 Å². The lowest BCUT2D eigenvalue weighted by Gasteiger charge is -2.19. The van der Waals surface area contributed by atoms with E-state index in [0.29, 0.717) is 0 Å². The number of hydrogen-bond acceptors (Lipinski definition) is 1. The summed E-state index contributed by atoms with van der Waals surface area (Å²) in [4.78, 5) is 1.38. The third kappa shape index (κ3) is 4.60. The van der Waals surface area contributed by atoms with E-state index in [1.54, 1.807) is 0 Å². The summed E-state index contributed by atoms with van der Waals surface area (Å²) in [7, 11) is 0. The molecule has 0 nitrogen and oxygen atoms in total. The summed E-state index contributed by atoms with van der Waals surface area (Å²) in [6, 6.07) is 8.96. The number of alkyl halides is 1. The molecule has 0 radical (unpaired) electrons. The Morgan fingerprint density at radius 3 is 2.20 bits per heavy atom. The maximum absolute atomic E-state index is 3.45. The Balaban J connectivity index is 2.57. The lowest BCUT2D eigenvalue weighted by molar-refractivity contribution is 0.590. The average Bonchev–Trinajstić information content (AvgIpc) is 2.18. The van der Waals surface area contributed by atoms with Gasteiger partial charge in [0.1, 0.15) is 0 Å². The van der Waals surface area contributed by atoms with E-state index >= 15 is 0 Å². The Kier molecular flexibility index (Phi) is 5.20. The van der Waals surface area contributed by atoms with Gasteiger partial charge in [0.15, 0.2) is 0 Å². The van der Waals surface area contributed by atoms with Crippen LogP contribution >= 0.6 is 27.7 Å². The van der Waals surface area contributed by atoms with Crippen LogP contribution in [0.3, 0.4) is 0 Å². The molecule has 0 spiro atoms. The van der Waals surface area contributed by atoms with Gasteiger partial charge in [0, 0.05) is 10.2 Å². The minimum atomic E-state index is 0.263. The van der Waals surface area contributed by atoms with Crippen LogP contribution in [0, 0.1) is 0 Å². The van der Waals surface area contributed by atoms with Crippen molar-refractivity contribution in [1.82, 2.24) is 0 Å². The van der Waals surface area contributed by atoms with Gasteiger partial charge in [0.05, 0.1) is 0 Å². The fraction of sp³-hybridized carbons (Fsp3) is 0.538. The van der Waals surface area contributed by atoms with Crippen molar-refractivity contribution >= 4 is 27.7 Å². The summed E-state index contributed by atoms with van der Waals surface area (Å²) in [5.74, 6) is 1.19. The summed E-state index contributed by atoms with van der Waals surface area (Å²) in [5.41, 5.74) is 1.67. The van der Waals surface area contributed by atoms with Crippen LogP contribution in [0.5, 0.6) is 0 Å². The molecule has 0 saturated carbocycles. The summed E-state index contributed by atoms with van der Waals surface area (Å²) < 4.78 is 0. The molecule has 2 heteroatoms. The number of rotatable bonds is 4. The van der Waals surface area contributed by atoms with Gasteiger partial charge in [0.25, 0.3) is 0 Å². The van der Waals surface area contributed by atoms with E-state index in [2.05, 4.69) is 61.0 Å². The van der Waals surface area contributed by atoms with Crippen LogP contribution in [-0.4, -0.2) is 11.1 Å². The molecule has 0 bridgehead atoms. The molecule has 0 aliphatic carbocycles. The first kappa shape index (κ1) is 13.1. The first-order chi connectivity index (χ1) is 7.04. The zero-order valence-electron chi connectivity index (χ0n) is 9.72. The molecular weight excluding hydrogens is 268 g/mol. The van der Waals surface area contributed by atoms with Crippen LogP contribution in [0.4, 0.5) is 0 Å². The molecule has 0 amide bonds. The highest BCUT2D eigenvalue weighted by Crippen LogP contribution is 2.25. The van der Waals surface area contributed by atoms with Gasteiger partial charge in [0.2, 0.25) is 0 Å². The van der Waals surface area contributed by atoms with Crippen LogP contribution in [0.1, 0.15) is 32.8 Å². The fourth-order valence-corrected chi connectivity index (χ4v) is 2.80. The second-order valence-corrected chi connectivity index (χ2v) is 6.63. The molecule has 0 fully saturated rings. The molecule has 0 atom stereocenters. The predicted molar refractivity (Wildman–Crippen MR) is 74.3 cm³/mol. The van der Waals surface area contributed by atoms with Crippen molar-refractivity contribution in [3.05, 3.63) is 29.8 Å². The van der Waals surface area contributed by atoms with Crippen molar-refractivity contribution in [1.29, 1.82) is 0 Å². The van der Waals surface area contributed by atoms with E-state index in [1.807, 2.05) is 11.8 Å². The summed E-state index contributed by atoms with van der Waals surface area (Å²) >= 11 is 5.38. The minimum absolute atomic E-state index is 0.263. The number of benzene rings is 1. The van der Waals surface area contributed by atoms with Crippen LogP contribution in [0.2, 0.25) is 0 Å². The van der Waals surface area contributed by atoms with E-state index in [-0.39, 0.29) is 5.41 Å². The zero-order chi connectivity index (χ0) is 11.3. The Bertz CT molecular complexity index is 284. The normalized spacial score (nSPS) is 11.7. The molecule has 1 aromatic rings. The lowest BCUT2D eigenvalue weighted by Crippen LogP contribution is -2.10.